The van der Waals surface area contributed by atoms with E-state index < -0.39 is 10.2 Å². The summed E-state index contributed by atoms with van der Waals surface area (Å²) in [4.78, 5) is 0. The topological polar surface area (TPSA) is 58.6 Å². The average molecular weight is 369 g/mol. The molecule has 1 fully saturated rings. The minimum absolute atomic E-state index is 0.301. The Morgan fingerprint density at radius 2 is 2.00 bits per heavy atom. The van der Waals surface area contributed by atoms with Crippen molar-refractivity contribution in [2.75, 3.05) is 33.4 Å². The Hall–Kier alpha value is -0.950. The van der Waals surface area contributed by atoms with Crippen molar-refractivity contribution in [3.8, 4) is 0 Å². The second kappa shape index (κ2) is 9.67. The molecule has 0 bridgehead atoms. The summed E-state index contributed by atoms with van der Waals surface area (Å²) >= 11 is 0. The van der Waals surface area contributed by atoms with Crippen LogP contribution >= 0.6 is 0 Å². The fraction of sp³-hybridized carbons (Fsp3) is 0.684. The lowest BCUT2D eigenvalue weighted by atomic mass is 10.0. The number of hydrogen-bond donors (Lipinski definition) is 1. The number of aryl methyl sites for hydroxylation is 1. The highest BCUT2D eigenvalue weighted by molar-refractivity contribution is 7.87. The molecule has 1 aromatic carbocycles. The molecule has 2 rings (SSSR count). The molecule has 0 saturated carbocycles. The Balaban J connectivity index is 1.76. The Morgan fingerprint density at radius 1 is 1.28 bits per heavy atom. The van der Waals surface area contributed by atoms with Crippen LogP contribution in [-0.4, -0.2) is 46.1 Å². The van der Waals surface area contributed by atoms with E-state index in [1.54, 1.807) is 11.4 Å². The maximum Gasteiger partial charge on any atom is 0.279 e. The Bertz CT molecular complexity index is 612. The van der Waals surface area contributed by atoms with Crippen molar-refractivity contribution in [2.24, 2.45) is 5.92 Å². The van der Waals surface area contributed by atoms with Crippen LogP contribution < -0.4 is 4.72 Å². The van der Waals surface area contributed by atoms with Crippen LogP contribution in [0.25, 0.3) is 0 Å². The molecule has 5 nitrogen and oxygen atoms in total. The zero-order chi connectivity index (χ0) is 18.3. The molecule has 0 aromatic heterocycles. The molecular formula is C19H32N2O3S. The van der Waals surface area contributed by atoms with Gasteiger partial charge in [0.2, 0.25) is 0 Å². The first-order valence-corrected chi connectivity index (χ1v) is 10.7. The van der Waals surface area contributed by atoms with E-state index in [1.807, 2.05) is 0 Å². The lowest BCUT2D eigenvalue weighted by molar-refractivity contribution is 0.118. The minimum atomic E-state index is -3.38. The van der Waals surface area contributed by atoms with Gasteiger partial charge in [0, 0.05) is 26.7 Å². The van der Waals surface area contributed by atoms with Gasteiger partial charge in [-0.1, -0.05) is 38.1 Å². The minimum Gasteiger partial charge on any atom is -0.384 e. The molecule has 1 N–H and O–H groups in total. The first kappa shape index (κ1) is 20.4. The normalized spacial score (nSPS) is 19.4. The zero-order valence-corrected chi connectivity index (χ0v) is 16.5. The van der Waals surface area contributed by atoms with E-state index in [1.165, 1.54) is 11.1 Å². The largest absolute Gasteiger partial charge is 0.384 e. The van der Waals surface area contributed by atoms with Crippen LogP contribution in [0.15, 0.2) is 24.3 Å². The summed E-state index contributed by atoms with van der Waals surface area (Å²) in [5.41, 5.74) is 2.59. The summed E-state index contributed by atoms with van der Waals surface area (Å²) in [7, 11) is -1.71. The molecule has 142 valence electrons. The van der Waals surface area contributed by atoms with Crippen molar-refractivity contribution in [1.29, 1.82) is 0 Å². The van der Waals surface area contributed by atoms with E-state index in [-0.39, 0.29) is 0 Å². The zero-order valence-electron chi connectivity index (χ0n) is 15.7. The molecule has 1 heterocycles. The molecule has 1 saturated heterocycles. The van der Waals surface area contributed by atoms with Crippen molar-refractivity contribution in [1.82, 2.24) is 9.03 Å². The number of hydrogen-bond acceptors (Lipinski definition) is 3. The summed E-state index contributed by atoms with van der Waals surface area (Å²) in [6.07, 6.45) is 3.62. The summed E-state index contributed by atoms with van der Waals surface area (Å²) in [5, 5.41) is 0. The van der Waals surface area contributed by atoms with E-state index in [2.05, 4.69) is 42.8 Å². The van der Waals surface area contributed by atoms with Gasteiger partial charge in [-0.05, 0) is 48.6 Å². The highest BCUT2D eigenvalue weighted by Gasteiger charge is 2.28. The molecule has 0 spiro atoms. The molecule has 1 aromatic rings. The van der Waals surface area contributed by atoms with Crippen molar-refractivity contribution in [3.05, 3.63) is 35.4 Å². The molecule has 25 heavy (non-hydrogen) atoms. The van der Waals surface area contributed by atoms with Crippen LogP contribution in [0.4, 0.5) is 0 Å². The van der Waals surface area contributed by atoms with Crippen LogP contribution in [0.3, 0.4) is 0 Å². The predicted molar refractivity (Wildman–Crippen MR) is 102 cm³/mol. The predicted octanol–water partition coefficient (Wildman–Crippen LogP) is 2.94. The fourth-order valence-electron chi connectivity index (χ4n) is 3.27. The first-order chi connectivity index (χ1) is 11.9. The molecule has 6 heteroatoms. The van der Waals surface area contributed by atoms with Gasteiger partial charge in [0.1, 0.15) is 0 Å². The maximum atomic E-state index is 12.4. The second-order valence-electron chi connectivity index (χ2n) is 7.22. The third-order valence-electron chi connectivity index (χ3n) is 4.80. The average Bonchev–Trinajstić information content (AvgIpc) is 2.60. The number of nitrogens with one attached hydrogen (secondary N) is 1. The molecule has 0 amide bonds. The number of benzene rings is 1. The van der Waals surface area contributed by atoms with Crippen molar-refractivity contribution in [3.63, 3.8) is 0 Å². The second-order valence-corrected chi connectivity index (χ2v) is 8.98. The first-order valence-electron chi connectivity index (χ1n) is 9.25. The van der Waals surface area contributed by atoms with Gasteiger partial charge in [0.05, 0.1) is 6.61 Å². The SMILES string of the molecule is COC[C@@H]1CCCN(S(=O)(=O)NCCCc2ccc(C(C)C)cc2)C1. The number of ether oxygens (including phenoxy) is 1. The number of nitrogens with zero attached hydrogens (tertiary/aromatic N) is 1. The van der Waals surface area contributed by atoms with Gasteiger partial charge in [0.25, 0.3) is 10.2 Å². The summed E-state index contributed by atoms with van der Waals surface area (Å²) < 4.78 is 34.4. The summed E-state index contributed by atoms with van der Waals surface area (Å²) in [6, 6.07) is 8.61. The Kier molecular flexibility index (Phi) is 7.87. The molecule has 0 unspecified atom stereocenters. The van der Waals surface area contributed by atoms with Crippen molar-refractivity contribution < 1.29 is 13.2 Å². The van der Waals surface area contributed by atoms with Gasteiger partial charge in [-0.3, -0.25) is 0 Å². The molecule has 1 aliphatic rings. The van der Waals surface area contributed by atoms with Gasteiger partial charge in [-0.25, -0.2) is 4.72 Å². The van der Waals surface area contributed by atoms with Crippen LogP contribution in [-0.2, 0) is 21.4 Å². The van der Waals surface area contributed by atoms with Gasteiger partial charge in [-0.15, -0.1) is 0 Å². The lowest BCUT2D eigenvalue weighted by Gasteiger charge is -2.31. The quantitative estimate of drug-likeness (QED) is 0.682. The number of piperidine rings is 1. The maximum absolute atomic E-state index is 12.4. The molecule has 0 aliphatic carbocycles. The van der Waals surface area contributed by atoms with Crippen molar-refractivity contribution >= 4 is 10.2 Å². The summed E-state index contributed by atoms with van der Waals surface area (Å²) in [6.45, 7) is 6.62. The van der Waals surface area contributed by atoms with Gasteiger partial charge in [0.15, 0.2) is 0 Å². The fourth-order valence-corrected chi connectivity index (χ4v) is 4.63. The lowest BCUT2D eigenvalue weighted by Crippen LogP contribution is -2.46. The molecule has 0 radical (unpaired) electrons. The molecular weight excluding hydrogens is 336 g/mol. The van der Waals surface area contributed by atoms with Gasteiger partial charge < -0.3 is 4.74 Å². The molecule has 1 atom stereocenters. The summed E-state index contributed by atoms with van der Waals surface area (Å²) in [5.74, 6) is 0.835. The smallest absolute Gasteiger partial charge is 0.279 e. The third kappa shape index (κ3) is 6.37. The van der Waals surface area contributed by atoms with Crippen molar-refractivity contribution in [2.45, 2.75) is 45.4 Å². The van der Waals surface area contributed by atoms with Crippen LogP contribution in [0.5, 0.6) is 0 Å². The van der Waals surface area contributed by atoms with E-state index in [0.29, 0.717) is 38.1 Å². The van der Waals surface area contributed by atoms with Gasteiger partial charge in [-0.2, -0.15) is 12.7 Å². The van der Waals surface area contributed by atoms with E-state index in [0.717, 1.165) is 25.7 Å². The van der Waals surface area contributed by atoms with E-state index in [4.69, 9.17) is 4.74 Å². The van der Waals surface area contributed by atoms with Crippen LogP contribution in [0.2, 0.25) is 0 Å². The van der Waals surface area contributed by atoms with Gasteiger partial charge >= 0.3 is 0 Å². The van der Waals surface area contributed by atoms with Crippen LogP contribution in [0.1, 0.15) is 50.2 Å². The standard InChI is InChI=1S/C19H32N2O3S/c1-16(2)19-10-8-17(9-11-19)6-4-12-20-25(22,23)21-13-5-7-18(14-21)15-24-3/h8-11,16,18,20H,4-7,12-15H2,1-3H3/t18-/m1/s1. The van der Waals surface area contributed by atoms with Crippen LogP contribution in [0, 0.1) is 5.92 Å². The Labute approximate surface area is 152 Å². The Morgan fingerprint density at radius 3 is 2.64 bits per heavy atom. The highest BCUT2D eigenvalue weighted by Crippen LogP contribution is 2.19. The number of methoxy groups -OCH3 is 1. The van der Waals surface area contributed by atoms with E-state index in [9.17, 15) is 8.42 Å². The monoisotopic (exact) mass is 368 g/mol. The highest BCUT2D eigenvalue weighted by atomic mass is 32.2. The number of rotatable bonds is 9. The third-order valence-corrected chi connectivity index (χ3v) is 6.38. The van der Waals surface area contributed by atoms with E-state index >= 15 is 0 Å². The molecule has 1 aliphatic heterocycles.